The largest absolute Gasteiger partial charge is 0.390 e. The van der Waals surface area contributed by atoms with E-state index in [9.17, 15) is 30.3 Å². The van der Waals surface area contributed by atoms with Crippen LogP contribution in [0.5, 0.6) is 0 Å². The minimum Gasteiger partial charge on any atom is -0.390 e. The van der Waals surface area contributed by atoms with Crippen molar-refractivity contribution < 1.29 is 39.8 Å². The quantitative estimate of drug-likeness (QED) is 0.0427. The first-order valence-electron chi connectivity index (χ1n) is 21.1. The first-order chi connectivity index (χ1) is 25.3. The van der Waals surface area contributed by atoms with Crippen molar-refractivity contribution in [2.45, 2.75) is 204 Å². The van der Waals surface area contributed by atoms with Gasteiger partial charge in [-0.15, -0.1) is 0 Å². The molecule has 1 saturated carbocycles. The SMILES string of the molecule is CCCCCCCCCCCCCC[C@@H](O)[C@@H](O)[C@H](CO[C@H]1C[C@H](COC)[C@H](O)[C@H](O)[C@H]1O)NC(=O)CCCCCCCCCCc1ccccc1. The third-order valence-electron chi connectivity index (χ3n) is 10.9. The lowest BCUT2D eigenvalue weighted by molar-refractivity contribution is -0.183. The number of aliphatic hydroxyl groups is 5. The summed E-state index contributed by atoms with van der Waals surface area (Å²) in [4.78, 5) is 13.0. The molecule has 2 rings (SSSR count). The van der Waals surface area contributed by atoms with Crippen LogP contribution in [0.4, 0.5) is 0 Å². The molecule has 1 aliphatic carbocycles. The molecule has 1 aromatic rings. The van der Waals surface area contributed by atoms with Crippen LogP contribution in [0.2, 0.25) is 0 Å². The molecule has 0 heterocycles. The van der Waals surface area contributed by atoms with Gasteiger partial charge in [-0.3, -0.25) is 4.79 Å². The fourth-order valence-electron chi connectivity index (χ4n) is 7.51. The number of unbranched alkanes of at least 4 members (excludes halogenated alkanes) is 18. The molecule has 6 N–H and O–H groups in total. The predicted molar refractivity (Wildman–Crippen MR) is 209 cm³/mol. The van der Waals surface area contributed by atoms with Gasteiger partial charge in [-0.1, -0.05) is 153 Å². The van der Waals surface area contributed by atoms with Crippen molar-refractivity contribution in [2.24, 2.45) is 5.92 Å². The Balaban J connectivity index is 1.74. The smallest absolute Gasteiger partial charge is 0.220 e. The number of aryl methyl sites for hydroxylation is 1. The van der Waals surface area contributed by atoms with Crippen LogP contribution in [-0.2, 0) is 20.7 Å². The summed E-state index contributed by atoms with van der Waals surface area (Å²) in [6.45, 7) is 2.30. The Labute approximate surface area is 316 Å². The van der Waals surface area contributed by atoms with E-state index in [1.807, 2.05) is 0 Å². The van der Waals surface area contributed by atoms with E-state index in [-0.39, 0.29) is 25.5 Å². The fraction of sp³-hybridized carbons (Fsp3) is 0.837. The number of methoxy groups -OCH3 is 1. The molecule has 0 bridgehead atoms. The summed E-state index contributed by atoms with van der Waals surface area (Å²) in [6.07, 6.45) is 18.5. The number of hydrogen-bond acceptors (Lipinski definition) is 8. The van der Waals surface area contributed by atoms with Crippen molar-refractivity contribution in [3.8, 4) is 0 Å². The van der Waals surface area contributed by atoms with Gasteiger partial charge >= 0.3 is 0 Å². The molecule has 9 nitrogen and oxygen atoms in total. The maximum Gasteiger partial charge on any atom is 0.220 e. The number of ether oxygens (including phenoxy) is 2. The summed E-state index contributed by atoms with van der Waals surface area (Å²) in [5.41, 5.74) is 1.40. The summed E-state index contributed by atoms with van der Waals surface area (Å²) in [5.74, 6) is -0.639. The lowest BCUT2D eigenvalue weighted by Gasteiger charge is -2.40. The number of hydrogen-bond donors (Lipinski definition) is 6. The fourth-order valence-corrected chi connectivity index (χ4v) is 7.51. The summed E-state index contributed by atoms with van der Waals surface area (Å²) < 4.78 is 11.2. The zero-order valence-corrected chi connectivity index (χ0v) is 32.9. The van der Waals surface area contributed by atoms with Crippen LogP contribution in [0.3, 0.4) is 0 Å². The highest BCUT2D eigenvalue weighted by atomic mass is 16.5. The Kier molecular flexibility index (Phi) is 26.6. The van der Waals surface area contributed by atoms with Crippen molar-refractivity contribution in [2.75, 3.05) is 20.3 Å². The van der Waals surface area contributed by atoms with Crippen LogP contribution >= 0.6 is 0 Å². The minimum atomic E-state index is -1.40. The van der Waals surface area contributed by atoms with E-state index in [1.165, 1.54) is 96.1 Å². The highest BCUT2D eigenvalue weighted by molar-refractivity contribution is 5.76. The molecule has 302 valence electrons. The van der Waals surface area contributed by atoms with Gasteiger partial charge in [0.2, 0.25) is 5.91 Å². The van der Waals surface area contributed by atoms with E-state index < -0.39 is 48.6 Å². The monoisotopic (exact) mass is 736 g/mol. The van der Waals surface area contributed by atoms with E-state index in [4.69, 9.17) is 9.47 Å². The molecule has 0 radical (unpaired) electrons. The number of carbonyl (C=O) groups excluding carboxylic acids is 1. The maximum atomic E-state index is 13.0. The zero-order valence-electron chi connectivity index (χ0n) is 32.9. The molecular weight excluding hydrogens is 658 g/mol. The molecule has 0 unspecified atom stereocenters. The first kappa shape index (κ1) is 46.6. The highest BCUT2D eigenvalue weighted by Gasteiger charge is 2.43. The average Bonchev–Trinajstić information content (AvgIpc) is 3.15. The van der Waals surface area contributed by atoms with E-state index >= 15 is 0 Å². The molecule has 9 heteroatoms. The second-order valence-corrected chi connectivity index (χ2v) is 15.5. The lowest BCUT2D eigenvalue weighted by atomic mass is 9.81. The van der Waals surface area contributed by atoms with Gasteiger partial charge in [-0.2, -0.15) is 0 Å². The Morgan fingerprint density at radius 2 is 1.27 bits per heavy atom. The number of nitrogens with one attached hydrogen (secondary N) is 1. The molecular formula is C43H77NO8. The normalized spacial score (nSPS) is 22.2. The van der Waals surface area contributed by atoms with Crippen LogP contribution in [0.15, 0.2) is 30.3 Å². The van der Waals surface area contributed by atoms with Crippen molar-refractivity contribution in [3.05, 3.63) is 35.9 Å². The van der Waals surface area contributed by atoms with E-state index in [1.54, 1.807) is 0 Å². The number of aliphatic hydroxyl groups excluding tert-OH is 5. The molecule has 52 heavy (non-hydrogen) atoms. The van der Waals surface area contributed by atoms with Crippen molar-refractivity contribution in [3.63, 3.8) is 0 Å². The van der Waals surface area contributed by atoms with Crippen LogP contribution in [0, 0.1) is 5.92 Å². The van der Waals surface area contributed by atoms with Crippen molar-refractivity contribution in [1.29, 1.82) is 0 Å². The molecule has 0 spiro atoms. The second kappa shape index (κ2) is 29.7. The number of rotatable bonds is 32. The van der Waals surface area contributed by atoms with Gasteiger partial charge in [0.25, 0.3) is 0 Å². The number of carbonyl (C=O) groups is 1. The Hall–Kier alpha value is -1.59. The standard InChI is InChI=1S/C43H77NO8/c1-3-4-5-6-7-8-9-10-11-15-18-24-29-37(45)41(48)36(33-52-38-31-35(32-51-2)40(47)43(50)42(38)49)44-39(46)30-25-19-16-13-12-14-17-21-26-34-27-22-20-23-28-34/h20,22-23,27-28,35-38,40-43,45,47-50H,3-19,21,24-26,29-33H2,1-2H3,(H,44,46)/t35-,36+,37-,38+,40+,41+,42+,43+/m1/s1. The first-order valence-corrected chi connectivity index (χ1v) is 21.1. The molecule has 1 aliphatic rings. The van der Waals surface area contributed by atoms with Gasteiger partial charge in [0.1, 0.15) is 18.3 Å². The average molecular weight is 736 g/mol. The van der Waals surface area contributed by atoms with Gasteiger partial charge in [0, 0.05) is 19.4 Å². The van der Waals surface area contributed by atoms with Gasteiger partial charge in [0.15, 0.2) is 0 Å². The summed E-state index contributed by atoms with van der Waals surface area (Å²) >= 11 is 0. The molecule has 1 fully saturated rings. The lowest BCUT2D eigenvalue weighted by Crippen LogP contribution is -2.57. The van der Waals surface area contributed by atoms with Crippen molar-refractivity contribution in [1.82, 2.24) is 5.32 Å². The topological polar surface area (TPSA) is 149 Å². The minimum absolute atomic E-state index is 0.142. The van der Waals surface area contributed by atoms with E-state index in [0.29, 0.717) is 12.8 Å². The molecule has 1 amide bonds. The Morgan fingerprint density at radius 3 is 1.85 bits per heavy atom. The van der Waals surface area contributed by atoms with E-state index in [2.05, 4.69) is 42.6 Å². The summed E-state index contributed by atoms with van der Waals surface area (Å²) in [6, 6.07) is 9.73. The van der Waals surface area contributed by atoms with Crippen LogP contribution in [-0.4, -0.2) is 94.4 Å². The van der Waals surface area contributed by atoms with Crippen LogP contribution in [0.25, 0.3) is 0 Å². The molecule has 0 saturated heterocycles. The molecule has 0 aromatic heterocycles. The Bertz CT molecular complexity index is 983. The van der Waals surface area contributed by atoms with Gasteiger partial charge in [-0.05, 0) is 37.7 Å². The zero-order chi connectivity index (χ0) is 37.8. The molecule has 0 aliphatic heterocycles. The van der Waals surface area contributed by atoms with Gasteiger partial charge in [-0.25, -0.2) is 0 Å². The van der Waals surface area contributed by atoms with Crippen molar-refractivity contribution >= 4 is 5.91 Å². The second-order valence-electron chi connectivity index (χ2n) is 15.5. The predicted octanol–water partition coefficient (Wildman–Crippen LogP) is 7.17. The number of amides is 1. The van der Waals surface area contributed by atoms with Crippen LogP contribution in [0.1, 0.15) is 160 Å². The maximum absolute atomic E-state index is 13.0. The third kappa shape index (κ3) is 20.2. The Morgan fingerprint density at radius 1 is 0.731 bits per heavy atom. The molecule has 1 aromatic carbocycles. The summed E-state index contributed by atoms with van der Waals surface area (Å²) in [5, 5.41) is 56.5. The third-order valence-corrected chi connectivity index (χ3v) is 10.9. The number of benzene rings is 1. The van der Waals surface area contributed by atoms with Gasteiger partial charge in [0.05, 0.1) is 37.6 Å². The highest BCUT2D eigenvalue weighted by Crippen LogP contribution is 2.28. The summed E-state index contributed by atoms with van der Waals surface area (Å²) in [7, 11) is 1.51. The molecule has 8 atom stereocenters. The van der Waals surface area contributed by atoms with Crippen LogP contribution < -0.4 is 5.32 Å². The van der Waals surface area contributed by atoms with Gasteiger partial charge < -0.3 is 40.3 Å². The van der Waals surface area contributed by atoms with E-state index in [0.717, 1.165) is 51.4 Å².